The number of phenolic OH excluding ortho intramolecular Hbond substituents is 1. The zero-order valence-corrected chi connectivity index (χ0v) is 8.67. The molecule has 72 valence electrons. The number of aromatic hydroxyl groups is 1. The van der Waals surface area contributed by atoms with Crippen LogP contribution in [0.1, 0.15) is 5.56 Å². The summed E-state index contributed by atoms with van der Waals surface area (Å²) in [6.07, 6.45) is 0.951. The Balaban J connectivity index is 2.63. The van der Waals surface area contributed by atoms with Gasteiger partial charge in [0.05, 0.1) is 5.02 Å². The number of benzene rings is 1. The zero-order valence-electron chi connectivity index (χ0n) is 7.92. The third kappa shape index (κ3) is 3.25. The van der Waals surface area contributed by atoms with E-state index in [0.29, 0.717) is 5.02 Å². The van der Waals surface area contributed by atoms with E-state index in [4.69, 9.17) is 11.6 Å². The minimum Gasteiger partial charge on any atom is -0.506 e. The summed E-state index contributed by atoms with van der Waals surface area (Å²) < 4.78 is 0. The van der Waals surface area contributed by atoms with Crippen LogP contribution in [0.3, 0.4) is 0 Å². The maximum Gasteiger partial charge on any atom is 0.134 e. The van der Waals surface area contributed by atoms with E-state index < -0.39 is 0 Å². The monoisotopic (exact) mass is 199 g/mol. The SMILES string of the molecule is CN(C)CCc1ccc(O)c(Cl)c1. The summed E-state index contributed by atoms with van der Waals surface area (Å²) >= 11 is 5.77. The number of likely N-dealkylation sites (N-methyl/N-ethyl adjacent to an activating group) is 1. The first-order valence-corrected chi connectivity index (χ1v) is 4.59. The lowest BCUT2D eigenvalue weighted by atomic mass is 10.1. The van der Waals surface area contributed by atoms with Gasteiger partial charge in [-0.05, 0) is 38.2 Å². The Morgan fingerprint density at radius 2 is 2.08 bits per heavy atom. The van der Waals surface area contributed by atoms with Crippen LogP contribution in [0.5, 0.6) is 5.75 Å². The maximum atomic E-state index is 9.18. The van der Waals surface area contributed by atoms with Gasteiger partial charge in [-0.1, -0.05) is 17.7 Å². The molecule has 0 radical (unpaired) electrons. The molecule has 1 rings (SSSR count). The molecule has 0 aliphatic heterocycles. The fourth-order valence-corrected chi connectivity index (χ4v) is 1.26. The minimum absolute atomic E-state index is 0.148. The molecule has 0 spiro atoms. The van der Waals surface area contributed by atoms with Crippen LogP contribution in [0.2, 0.25) is 5.02 Å². The Hall–Kier alpha value is -0.730. The molecule has 0 atom stereocenters. The van der Waals surface area contributed by atoms with Gasteiger partial charge in [0.2, 0.25) is 0 Å². The molecule has 1 aromatic carbocycles. The highest BCUT2D eigenvalue weighted by molar-refractivity contribution is 6.32. The second-order valence-electron chi connectivity index (χ2n) is 3.34. The van der Waals surface area contributed by atoms with E-state index in [2.05, 4.69) is 4.90 Å². The summed E-state index contributed by atoms with van der Waals surface area (Å²) in [5.41, 5.74) is 1.15. The van der Waals surface area contributed by atoms with Gasteiger partial charge in [-0.25, -0.2) is 0 Å². The third-order valence-electron chi connectivity index (χ3n) is 1.86. The molecule has 0 aliphatic rings. The number of rotatable bonds is 3. The van der Waals surface area contributed by atoms with Crippen molar-refractivity contribution in [3.05, 3.63) is 28.8 Å². The lowest BCUT2D eigenvalue weighted by Gasteiger charge is -2.09. The molecular formula is C10H14ClNO. The van der Waals surface area contributed by atoms with Crippen molar-refractivity contribution in [3.8, 4) is 5.75 Å². The quantitative estimate of drug-likeness (QED) is 0.807. The van der Waals surface area contributed by atoms with E-state index in [1.54, 1.807) is 12.1 Å². The van der Waals surface area contributed by atoms with Crippen LogP contribution in [-0.4, -0.2) is 30.6 Å². The van der Waals surface area contributed by atoms with Gasteiger partial charge in [0.25, 0.3) is 0 Å². The first-order chi connectivity index (χ1) is 6.09. The highest BCUT2D eigenvalue weighted by atomic mass is 35.5. The van der Waals surface area contributed by atoms with Crippen LogP contribution in [-0.2, 0) is 6.42 Å². The van der Waals surface area contributed by atoms with Crippen LogP contribution in [0.25, 0.3) is 0 Å². The first kappa shape index (κ1) is 10.4. The molecule has 2 nitrogen and oxygen atoms in total. The molecule has 13 heavy (non-hydrogen) atoms. The molecule has 1 N–H and O–H groups in total. The molecule has 0 bridgehead atoms. The molecule has 0 aromatic heterocycles. The van der Waals surface area contributed by atoms with E-state index in [1.807, 2.05) is 20.2 Å². The summed E-state index contributed by atoms with van der Waals surface area (Å²) in [5.74, 6) is 0.148. The largest absolute Gasteiger partial charge is 0.506 e. The van der Waals surface area contributed by atoms with Gasteiger partial charge in [-0.15, -0.1) is 0 Å². The van der Waals surface area contributed by atoms with Gasteiger partial charge < -0.3 is 10.0 Å². The van der Waals surface area contributed by atoms with E-state index in [-0.39, 0.29) is 5.75 Å². The maximum absolute atomic E-state index is 9.18. The molecular weight excluding hydrogens is 186 g/mol. The standard InChI is InChI=1S/C10H14ClNO/c1-12(2)6-5-8-3-4-10(13)9(11)7-8/h3-4,7,13H,5-6H2,1-2H3. The van der Waals surface area contributed by atoms with E-state index in [9.17, 15) is 5.11 Å². The predicted molar refractivity (Wildman–Crippen MR) is 55.4 cm³/mol. The van der Waals surface area contributed by atoms with E-state index in [0.717, 1.165) is 18.5 Å². The van der Waals surface area contributed by atoms with Crippen molar-refractivity contribution in [2.45, 2.75) is 6.42 Å². The van der Waals surface area contributed by atoms with E-state index >= 15 is 0 Å². The van der Waals surface area contributed by atoms with Crippen molar-refractivity contribution in [2.24, 2.45) is 0 Å². The van der Waals surface area contributed by atoms with Crippen molar-refractivity contribution in [3.63, 3.8) is 0 Å². The number of phenols is 1. The van der Waals surface area contributed by atoms with Crippen LogP contribution < -0.4 is 0 Å². The third-order valence-corrected chi connectivity index (χ3v) is 2.16. The molecule has 1 aromatic rings. The summed E-state index contributed by atoms with van der Waals surface area (Å²) in [4.78, 5) is 2.11. The van der Waals surface area contributed by atoms with E-state index in [1.165, 1.54) is 0 Å². The fraction of sp³-hybridized carbons (Fsp3) is 0.400. The summed E-state index contributed by atoms with van der Waals surface area (Å²) in [6.45, 7) is 0.987. The molecule has 0 aliphatic carbocycles. The van der Waals surface area contributed by atoms with Crippen molar-refractivity contribution in [1.29, 1.82) is 0 Å². The summed E-state index contributed by atoms with van der Waals surface area (Å²) in [6, 6.07) is 5.33. The molecule has 3 heteroatoms. The fourth-order valence-electron chi connectivity index (χ4n) is 1.06. The van der Waals surface area contributed by atoms with Crippen molar-refractivity contribution < 1.29 is 5.11 Å². The van der Waals surface area contributed by atoms with Gasteiger partial charge in [-0.3, -0.25) is 0 Å². The number of hydrogen-bond donors (Lipinski definition) is 1. The van der Waals surface area contributed by atoms with Crippen molar-refractivity contribution in [1.82, 2.24) is 4.90 Å². The van der Waals surface area contributed by atoms with Gasteiger partial charge >= 0.3 is 0 Å². The van der Waals surface area contributed by atoms with Crippen LogP contribution >= 0.6 is 11.6 Å². The second-order valence-corrected chi connectivity index (χ2v) is 3.75. The number of hydrogen-bond acceptors (Lipinski definition) is 2. The molecule has 0 unspecified atom stereocenters. The second kappa shape index (κ2) is 4.49. The van der Waals surface area contributed by atoms with Crippen LogP contribution in [0.4, 0.5) is 0 Å². The average molecular weight is 200 g/mol. The Morgan fingerprint density at radius 1 is 1.38 bits per heavy atom. The highest BCUT2D eigenvalue weighted by Gasteiger charge is 2.00. The summed E-state index contributed by atoms with van der Waals surface area (Å²) in [7, 11) is 4.06. The lowest BCUT2D eigenvalue weighted by Crippen LogP contribution is -2.14. The topological polar surface area (TPSA) is 23.5 Å². The molecule has 0 fully saturated rings. The normalized spacial score (nSPS) is 10.8. The zero-order chi connectivity index (χ0) is 9.84. The van der Waals surface area contributed by atoms with Gasteiger partial charge in [0, 0.05) is 6.54 Å². The Morgan fingerprint density at radius 3 is 2.62 bits per heavy atom. The Bertz CT molecular complexity index is 286. The van der Waals surface area contributed by atoms with Crippen molar-refractivity contribution >= 4 is 11.6 Å². The van der Waals surface area contributed by atoms with Crippen LogP contribution in [0.15, 0.2) is 18.2 Å². The Labute approximate surface area is 83.7 Å². The number of halogens is 1. The number of nitrogens with zero attached hydrogens (tertiary/aromatic N) is 1. The van der Waals surface area contributed by atoms with Gasteiger partial charge in [0.15, 0.2) is 0 Å². The van der Waals surface area contributed by atoms with Crippen molar-refractivity contribution in [2.75, 3.05) is 20.6 Å². The molecule has 0 saturated carbocycles. The highest BCUT2D eigenvalue weighted by Crippen LogP contribution is 2.23. The van der Waals surface area contributed by atoms with Crippen LogP contribution in [0, 0.1) is 0 Å². The first-order valence-electron chi connectivity index (χ1n) is 4.21. The molecule has 0 saturated heterocycles. The van der Waals surface area contributed by atoms with Gasteiger partial charge in [-0.2, -0.15) is 0 Å². The summed E-state index contributed by atoms with van der Waals surface area (Å²) in [5, 5.41) is 9.61. The smallest absolute Gasteiger partial charge is 0.134 e. The lowest BCUT2D eigenvalue weighted by molar-refractivity contribution is 0.413. The van der Waals surface area contributed by atoms with Gasteiger partial charge in [0.1, 0.15) is 5.75 Å². The minimum atomic E-state index is 0.148. The average Bonchev–Trinajstić information content (AvgIpc) is 2.07. The predicted octanol–water partition coefficient (Wildman–Crippen LogP) is 2.15. The molecule has 0 heterocycles. The Kier molecular flexibility index (Phi) is 3.58. The molecule has 0 amide bonds.